The lowest BCUT2D eigenvalue weighted by molar-refractivity contribution is 0.248. The van der Waals surface area contributed by atoms with Gasteiger partial charge in [0.25, 0.3) is 0 Å². The number of hydrogen-bond acceptors (Lipinski definition) is 2. The third-order valence-electron chi connectivity index (χ3n) is 2.26. The van der Waals surface area contributed by atoms with Gasteiger partial charge >= 0.3 is 6.03 Å². The number of carbonyl (C=O) groups is 1. The van der Waals surface area contributed by atoms with E-state index in [1.807, 2.05) is 0 Å². The zero-order valence-electron chi connectivity index (χ0n) is 10.4. The van der Waals surface area contributed by atoms with Crippen molar-refractivity contribution < 1.29 is 9.18 Å². The number of urea groups is 1. The molecule has 0 aliphatic rings. The van der Waals surface area contributed by atoms with Crippen molar-refractivity contribution in [2.75, 3.05) is 14.1 Å². The monoisotopic (exact) mass is 249 g/mol. The van der Waals surface area contributed by atoms with Crippen LogP contribution in [0.25, 0.3) is 5.57 Å². The lowest BCUT2D eigenvalue weighted by Crippen LogP contribution is -2.34. The van der Waals surface area contributed by atoms with Gasteiger partial charge < -0.3 is 10.6 Å². The maximum atomic E-state index is 12.8. The SMILES string of the molecule is C=C(/C=C(/NC(N)=O)N(C)C)c1ccc(F)cc1. The number of nitrogens with one attached hydrogen (secondary N) is 1. The van der Waals surface area contributed by atoms with E-state index in [1.165, 1.54) is 12.1 Å². The molecule has 0 saturated heterocycles. The van der Waals surface area contributed by atoms with E-state index in [1.54, 1.807) is 37.2 Å². The van der Waals surface area contributed by atoms with Crippen molar-refractivity contribution in [1.29, 1.82) is 0 Å². The zero-order chi connectivity index (χ0) is 13.7. The quantitative estimate of drug-likeness (QED) is 0.801. The number of hydrogen-bond donors (Lipinski definition) is 2. The number of rotatable bonds is 4. The number of primary amides is 1. The van der Waals surface area contributed by atoms with Gasteiger partial charge in [0.15, 0.2) is 0 Å². The van der Waals surface area contributed by atoms with E-state index >= 15 is 0 Å². The Hall–Kier alpha value is -2.30. The summed E-state index contributed by atoms with van der Waals surface area (Å²) in [5.41, 5.74) is 6.48. The van der Waals surface area contributed by atoms with Crippen LogP contribution >= 0.6 is 0 Å². The second kappa shape index (κ2) is 5.86. The van der Waals surface area contributed by atoms with Gasteiger partial charge in [0.2, 0.25) is 0 Å². The Morgan fingerprint density at radius 3 is 2.39 bits per heavy atom. The van der Waals surface area contributed by atoms with Crippen LogP contribution in [0.3, 0.4) is 0 Å². The lowest BCUT2D eigenvalue weighted by Gasteiger charge is -2.17. The van der Waals surface area contributed by atoms with Gasteiger partial charge in [-0.15, -0.1) is 0 Å². The summed E-state index contributed by atoms with van der Waals surface area (Å²) in [7, 11) is 3.53. The number of benzene rings is 1. The molecule has 1 rings (SSSR count). The number of nitrogens with two attached hydrogens (primary N) is 1. The van der Waals surface area contributed by atoms with Gasteiger partial charge in [-0.2, -0.15) is 0 Å². The Morgan fingerprint density at radius 2 is 1.94 bits per heavy atom. The number of allylic oxidation sites excluding steroid dienone is 2. The maximum Gasteiger partial charge on any atom is 0.317 e. The van der Waals surface area contributed by atoms with Crippen molar-refractivity contribution in [1.82, 2.24) is 10.2 Å². The number of amides is 2. The minimum absolute atomic E-state index is 0.307. The van der Waals surface area contributed by atoms with Gasteiger partial charge in [0.05, 0.1) is 0 Å². The molecule has 0 atom stereocenters. The van der Waals surface area contributed by atoms with Crippen LogP contribution in [0, 0.1) is 5.82 Å². The Labute approximate surface area is 106 Å². The number of nitrogens with zero attached hydrogens (tertiary/aromatic N) is 1. The Kier molecular flexibility index (Phi) is 4.48. The molecule has 0 bridgehead atoms. The van der Waals surface area contributed by atoms with Crippen LogP contribution in [0.4, 0.5) is 9.18 Å². The van der Waals surface area contributed by atoms with Crippen molar-refractivity contribution in [3.05, 3.63) is 54.1 Å². The van der Waals surface area contributed by atoms with E-state index in [4.69, 9.17) is 5.73 Å². The van der Waals surface area contributed by atoms with Gasteiger partial charge in [0.1, 0.15) is 11.6 Å². The average molecular weight is 249 g/mol. The summed E-state index contributed by atoms with van der Waals surface area (Å²) in [6, 6.07) is 5.29. The predicted octanol–water partition coefficient (Wildman–Crippen LogP) is 1.91. The molecule has 4 nitrogen and oxygen atoms in total. The van der Waals surface area contributed by atoms with Crippen molar-refractivity contribution in [2.24, 2.45) is 5.73 Å². The van der Waals surface area contributed by atoms with Crippen LogP contribution in [-0.4, -0.2) is 25.0 Å². The van der Waals surface area contributed by atoms with E-state index in [0.717, 1.165) is 5.56 Å². The summed E-state index contributed by atoms with van der Waals surface area (Å²) in [5, 5.41) is 2.48. The lowest BCUT2D eigenvalue weighted by atomic mass is 10.1. The minimum Gasteiger partial charge on any atom is -0.364 e. The molecule has 0 spiro atoms. The molecule has 0 saturated carbocycles. The first kappa shape index (κ1) is 13.8. The summed E-state index contributed by atoms with van der Waals surface area (Å²) in [6.07, 6.45) is 1.66. The van der Waals surface area contributed by atoms with Crippen LogP contribution in [0.15, 0.2) is 42.7 Å². The number of halogens is 1. The highest BCUT2D eigenvalue weighted by atomic mass is 19.1. The van der Waals surface area contributed by atoms with Crippen LogP contribution in [0.1, 0.15) is 5.56 Å². The standard InChI is InChI=1S/C13H16FN3O/c1-9(10-4-6-11(14)7-5-10)8-12(17(2)3)16-13(15)18/h4-8H,1H2,2-3H3,(H3,15,16,18)/b12-8-. The molecule has 2 amide bonds. The van der Waals surface area contributed by atoms with E-state index in [-0.39, 0.29) is 5.82 Å². The van der Waals surface area contributed by atoms with E-state index < -0.39 is 6.03 Å². The smallest absolute Gasteiger partial charge is 0.317 e. The molecular formula is C13H16FN3O. The van der Waals surface area contributed by atoms with Crippen molar-refractivity contribution >= 4 is 11.6 Å². The largest absolute Gasteiger partial charge is 0.364 e. The first-order valence-corrected chi connectivity index (χ1v) is 5.30. The van der Waals surface area contributed by atoms with Crippen molar-refractivity contribution in [3.63, 3.8) is 0 Å². The van der Waals surface area contributed by atoms with Crippen LogP contribution in [0.5, 0.6) is 0 Å². The van der Waals surface area contributed by atoms with Gasteiger partial charge in [-0.05, 0) is 29.3 Å². The Balaban J connectivity index is 2.94. The third-order valence-corrected chi connectivity index (χ3v) is 2.26. The molecule has 0 unspecified atom stereocenters. The fraction of sp³-hybridized carbons (Fsp3) is 0.154. The summed E-state index contributed by atoms with van der Waals surface area (Å²) in [5.74, 6) is 0.204. The highest BCUT2D eigenvalue weighted by Gasteiger charge is 2.04. The molecule has 0 aliphatic carbocycles. The summed E-state index contributed by atoms with van der Waals surface area (Å²) in [6.45, 7) is 3.87. The molecule has 1 aromatic carbocycles. The van der Waals surface area contributed by atoms with E-state index in [0.29, 0.717) is 11.4 Å². The summed E-state index contributed by atoms with van der Waals surface area (Å²) < 4.78 is 12.8. The van der Waals surface area contributed by atoms with Crippen LogP contribution < -0.4 is 11.1 Å². The molecule has 3 N–H and O–H groups in total. The molecule has 0 fully saturated rings. The first-order chi connectivity index (χ1) is 8.40. The highest BCUT2D eigenvalue weighted by molar-refractivity contribution is 5.77. The van der Waals surface area contributed by atoms with E-state index in [2.05, 4.69) is 11.9 Å². The Morgan fingerprint density at radius 1 is 1.39 bits per heavy atom. The minimum atomic E-state index is -0.651. The summed E-state index contributed by atoms with van der Waals surface area (Å²) in [4.78, 5) is 12.5. The molecule has 0 heterocycles. The first-order valence-electron chi connectivity index (χ1n) is 5.30. The van der Waals surface area contributed by atoms with Crippen LogP contribution in [-0.2, 0) is 0 Å². The molecule has 0 radical (unpaired) electrons. The fourth-order valence-corrected chi connectivity index (χ4v) is 1.32. The zero-order valence-corrected chi connectivity index (χ0v) is 10.4. The molecule has 0 aliphatic heterocycles. The molecule has 1 aromatic rings. The van der Waals surface area contributed by atoms with Crippen LogP contribution in [0.2, 0.25) is 0 Å². The molecule has 18 heavy (non-hydrogen) atoms. The highest BCUT2D eigenvalue weighted by Crippen LogP contribution is 2.16. The van der Waals surface area contributed by atoms with Crippen molar-refractivity contribution in [2.45, 2.75) is 0 Å². The molecular weight excluding hydrogens is 233 g/mol. The normalized spacial score (nSPS) is 10.9. The fourth-order valence-electron chi connectivity index (χ4n) is 1.32. The van der Waals surface area contributed by atoms with Crippen molar-refractivity contribution in [3.8, 4) is 0 Å². The summed E-state index contributed by atoms with van der Waals surface area (Å²) >= 11 is 0. The second-order valence-corrected chi connectivity index (χ2v) is 3.95. The van der Waals surface area contributed by atoms with Gasteiger partial charge in [-0.1, -0.05) is 18.7 Å². The predicted molar refractivity (Wildman–Crippen MR) is 69.9 cm³/mol. The van der Waals surface area contributed by atoms with E-state index in [9.17, 15) is 9.18 Å². The number of carbonyl (C=O) groups excluding carboxylic acids is 1. The van der Waals surface area contributed by atoms with Gasteiger partial charge in [-0.25, -0.2) is 9.18 Å². The Bertz CT molecular complexity index is 478. The average Bonchev–Trinajstić information content (AvgIpc) is 2.28. The van der Waals surface area contributed by atoms with Gasteiger partial charge in [0, 0.05) is 14.1 Å². The maximum absolute atomic E-state index is 12.8. The molecule has 96 valence electrons. The molecule has 5 heteroatoms. The molecule has 0 aromatic heterocycles. The topological polar surface area (TPSA) is 58.4 Å². The second-order valence-electron chi connectivity index (χ2n) is 3.95. The van der Waals surface area contributed by atoms with Gasteiger partial charge in [-0.3, -0.25) is 5.32 Å². The third kappa shape index (κ3) is 3.93.